The third-order valence-corrected chi connectivity index (χ3v) is 3.90. The van der Waals surface area contributed by atoms with Gasteiger partial charge in [0.25, 0.3) is 0 Å². The minimum absolute atomic E-state index is 0.0516. The molecule has 0 atom stereocenters. The second-order valence-electron chi connectivity index (χ2n) is 4.25. The fourth-order valence-electron chi connectivity index (χ4n) is 1.75. The summed E-state index contributed by atoms with van der Waals surface area (Å²) in [7, 11) is 0. The minimum Gasteiger partial charge on any atom is -0.396 e. The number of anilines is 1. The highest BCUT2D eigenvalue weighted by molar-refractivity contribution is 8.02. The Morgan fingerprint density at radius 1 is 1.60 bits per heavy atom. The van der Waals surface area contributed by atoms with Gasteiger partial charge in [0.15, 0.2) is 0 Å². The van der Waals surface area contributed by atoms with Crippen LogP contribution in [0.1, 0.15) is 24.7 Å². The number of aliphatic hydroxyl groups is 1. The van der Waals surface area contributed by atoms with Gasteiger partial charge < -0.3 is 15.7 Å². The van der Waals surface area contributed by atoms with Crippen LogP contribution in [0.4, 0.5) is 5.82 Å². The molecular weight excluding hydrogens is 276 g/mol. The van der Waals surface area contributed by atoms with Gasteiger partial charge in [0.2, 0.25) is 6.41 Å². The van der Waals surface area contributed by atoms with Gasteiger partial charge in [0, 0.05) is 35.4 Å². The van der Waals surface area contributed by atoms with E-state index in [2.05, 4.69) is 9.97 Å². The number of aromatic nitrogens is 2. The van der Waals surface area contributed by atoms with Crippen molar-refractivity contribution in [3.8, 4) is 0 Å². The van der Waals surface area contributed by atoms with Crippen LogP contribution in [-0.2, 0) is 11.3 Å². The van der Waals surface area contributed by atoms with Crippen molar-refractivity contribution in [2.45, 2.75) is 26.8 Å². The number of carbonyl (C=O) groups is 1. The SMILES string of the molecule is CSC(CCO)=C(C)N(C=O)Cc1cnc(C)nc1N. The summed E-state index contributed by atoms with van der Waals surface area (Å²) in [6.45, 7) is 3.98. The van der Waals surface area contributed by atoms with Gasteiger partial charge in [0.1, 0.15) is 11.6 Å². The zero-order chi connectivity index (χ0) is 15.1. The number of aliphatic hydroxyl groups excluding tert-OH is 1. The maximum absolute atomic E-state index is 11.3. The van der Waals surface area contributed by atoms with Crippen molar-refractivity contribution in [3.05, 3.63) is 28.2 Å². The Hall–Kier alpha value is -1.60. The van der Waals surface area contributed by atoms with E-state index in [1.54, 1.807) is 18.0 Å². The van der Waals surface area contributed by atoms with Crippen molar-refractivity contribution >= 4 is 24.0 Å². The van der Waals surface area contributed by atoms with Crippen LogP contribution in [0.15, 0.2) is 16.8 Å². The van der Waals surface area contributed by atoms with Crippen LogP contribution in [-0.4, -0.2) is 39.2 Å². The summed E-state index contributed by atoms with van der Waals surface area (Å²) in [5.74, 6) is 0.978. The Labute approximate surface area is 123 Å². The van der Waals surface area contributed by atoms with Gasteiger partial charge in [-0.05, 0) is 20.1 Å². The van der Waals surface area contributed by atoms with Crippen LogP contribution in [0.3, 0.4) is 0 Å². The summed E-state index contributed by atoms with van der Waals surface area (Å²) in [4.78, 5) is 22.0. The standard InChI is InChI=1S/C13H20N4O2S/c1-9(12(20-3)4-5-18)17(8-19)7-11-6-15-10(2)16-13(11)14/h6,8,18H,4-5,7H2,1-3H3,(H2,14,15,16). The van der Waals surface area contributed by atoms with Crippen LogP contribution in [0.2, 0.25) is 0 Å². The number of rotatable bonds is 7. The van der Waals surface area contributed by atoms with E-state index in [1.165, 1.54) is 11.8 Å². The smallest absolute Gasteiger partial charge is 0.214 e. The van der Waals surface area contributed by atoms with Crippen LogP contribution >= 0.6 is 11.8 Å². The van der Waals surface area contributed by atoms with E-state index in [0.29, 0.717) is 30.2 Å². The maximum Gasteiger partial charge on any atom is 0.214 e. The first kappa shape index (κ1) is 16.5. The monoisotopic (exact) mass is 296 g/mol. The summed E-state index contributed by atoms with van der Waals surface area (Å²) in [5, 5.41) is 9.04. The van der Waals surface area contributed by atoms with E-state index in [-0.39, 0.29) is 6.61 Å². The van der Waals surface area contributed by atoms with Crippen molar-refractivity contribution in [2.24, 2.45) is 0 Å². The Morgan fingerprint density at radius 3 is 2.80 bits per heavy atom. The first-order valence-corrected chi connectivity index (χ1v) is 7.40. The lowest BCUT2D eigenvalue weighted by molar-refractivity contribution is -0.116. The second-order valence-corrected chi connectivity index (χ2v) is 5.15. The summed E-state index contributed by atoms with van der Waals surface area (Å²) in [6.07, 6.45) is 4.83. The fourth-order valence-corrected chi connectivity index (χ4v) is 2.45. The number of thioether (sulfide) groups is 1. The zero-order valence-electron chi connectivity index (χ0n) is 12.0. The van der Waals surface area contributed by atoms with Gasteiger partial charge in [-0.15, -0.1) is 11.8 Å². The normalized spacial score (nSPS) is 12.0. The molecule has 0 aliphatic rings. The van der Waals surface area contributed by atoms with Gasteiger partial charge in [-0.3, -0.25) is 4.79 Å². The Bertz CT molecular complexity index is 505. The van der Waals surface area contributed by atoms with E-state index >= 15 is 0 Å². The topological polar surface area (TPSA) is 92.3 Å². The van der Waals surface area contributed by atoms with E-state index in [1.807, 2.05) is 13.2 Å². The lowest BCUT2D eigenvalue weighted by atomic mass is 10.2. The first-order valence-electron chi connectivity index (χ1n) is 6.18. The second kappa shape index (κ2) is 7.86. The highest BCUT2D eigenvalue weighted by atomic mass is 32.2. The fraction of sp³-hybridized carbons (Fsp3) is 0.462. The van der Waals surface area contributed by atoms with E-state index in [0.717, 1.165) is 17.0 Å². The lowest BCUT2D eigenvalue weighted by Crippen LogP contribution is -2.21. The Balaban J connectivity index is 2.99. The van der Waals surface area contributed by atoms with E-state index < -0.39 is 0 Å². The number of amides is 1. The van der Waals surface area contributed by atoms with E-state index in [9.17, 15) is 4.79 Å². The molecule has 0 aromatic carbocycles. The van der Waals surface area contributed by atoms with Crippen molar-refractivity contribution in [2.75, 3.05) is 18.6 Å². The third-order valence-electron chi connectivity index (χ3n) is 2.91. The lowest BCUT2D eigenvalue weighted by Gasteiger charge is -2.21. The molecule has 7 heteroatoms. The number of nitrogen functional groups attached to an aromatic ring is 1. The molecule has 0 aliphatic carbocycles. The molecule has 0 bridgehead atoms. The van der Waals surface area contributed by atoms with Gasteiger partial charge in [0.05, 0.1) is 6.54 Å². The molecule has 1 aromatic heterocycles. The molecule has 0 saturated heterocycles. The van der Waals surface area contributed by atoms with Crippen LogP contribution < -0.4 is 5.73 Å². The van der Waals surface area contributed by atoms with Crippen molar-refractivity contribution < 1.29 is 9.90 Å². The Kier molecular flexibility index (Phi) is 6.47. The highest BCUT2D eigenvalue weighted by Crippen LogP contribution is 2.24. The zero-order valence-corrected chi connectivity index (χ0v) is 12.8. The van der Waals surface area contributed by atoms with Gasteiger partial charge >= 0.3 is 0 Å². The molecule has 1 aromatic rings. The average molecular weight is 296 g/mol. The van der Waals surface area contributed by atoms with Gasteiger partial charge in [-0.1, -0.05) is 0 Å². The third kappa shape index (κ3) is 4.21. The molecule has 0 aliphatic heterocycles. The molecule has 1 heterocycles. The molecule has 0 saturated carbocycles. The van der Waals surface area contributed by atoms with Crippen molar-refractivity contribution in [3.63, 3.8) is 0 Å². The first-order chi connectivity index (χ1) is 9.53. The number of allylic oxidation sites excluding steroid dienone is 1. The molecule has 110 valence electrons. The Morgan fingerprint density at radius 2 is 2.30 bits per heavy atom. The molecule has 3 N–H and O–H groups in total. The number of carbonyl (C=O) groups excluding carboxylic acids is 1. The summed E-state index contributed by atoms with van der Waals surface area (Å²) in [6, 6.07) is 0. The van der Waals surface area contributed by atoms with Crippen LogP contribution in [0, 0.1) is 6.92 Å². The number of hydrogen-bond donors (Lipinski definition) is 2. The van der Waals surface area contributed by atoms with Crippen LogP contribution in [0.5, 0.6) is 0 Å². The molecule has 0 radical (unpaired) electrons. The maximum atomic E-state index is 11.3. The largest absolute Gasteiger partial charge is 0.396 e. The van der Waals surface area contributed by atoms with Crippen molar-refractivity contribution in [1.29, 1.82) is 0 Å². The summed E-state index contributed by atoms with van der Waals surface area (Å²) in [5.41, 5.74) is 7.34. The molecule has 6 nitrogen and oxygen atoms in total. The highest BCUT2D eigenvalue weighted by Gasteiger charge is 2.13. The summed E-state index contributed by atoms with van der Waals surface area (Å²) >= 11 is 1.52. The van der Waals surface area contributed by atoms with E-state index in [4.69, 9.17) is 10.8 Å². The number of aryl methyl sites for hydroxylation is 1. The quantitative estimate of drug-likeness (QED) is 0.737. The van der Waals surface area contributed by atoms with Gasteiger partial charge in [-0.25, -0.2) is 9.97 Å². The number of hydrogen-bond acceptors (Lipinski definition) is 6. The molecule has 1 amide bonds. The van der Waals surface area contributed by atoms with Crippen molar-refractivity contribution in [1.82, 2.24) is 14.9 Å². The summed E-state index contributed by atoms with van der Waals surface area (Å²) < 4.78 is 0. The molecule has 20 heavy (non-hydrogen) atoms. The molecule has 0 spiro atoms. The molecular formula is C13H20N4O2S. The molecule has 0 unspecified atom stereocenters. The van der Waals surface area contributed by atoms with Gasteiger partial charge in [-0.2, -0.15) is 0 Å². The predicted molar refractivity (Wildman–Crippen MR) is 80.7 cm³/mol. The van der Waals surface area contributed by atoms with Crippen LogP contribution in [0.25, 0.3) is 0 Å². The number of nitrogens with two attached hydrogens (primary N) is 1. The number of nitrogens with zero attached hydrogens (tertiary/aromatic N) is 3. The molecule has 1 rings (SSSR count). The molecule has 0 fully saturated rings. The minimum atomic E-state index is 0.0516. The average Bonchev–Trinajstić information content (AvgIpc) is 2.43. The predicted octanol–water partition coefficient (Wildman–Crippen LogP) is 1.30.